The molecule has 3 nitrogen and oxygen atoms in total. The van der Waals surface area contributed by atoms with Crippen molar-refractivity contribution >= 4 is 50.7 Å². The van der Waals surface area contributed by atoms with Gasteiger partial charge in [-0.1, -0.05) is 11.6 Å². The smallest absolute Gasteiger partial charge is 0.172 e. The molecule has 0 aliphatic heterocycles. The summed E-state index contributed by atoms with van der Waals surface area (Å²) in [4.78, 5) is 4.30. The van der Waals surface area contributed by atoms with Crippen molar-refractivity contribution in [2.24, 2.45) is 0 Å². The Kier molecular flexibility index (Phi) is 4.95. The monoisotopic (exact) mass is 321 g/mol. The summed E-state index contributed by atoms with van der Waals surface area (Å²) in [7, 11) is 0. The van der Waals surface area contributed by atoms with Crippen molar-refractivity contribution in [3.8, 4) is 0 Å². The Bertz CT molecular complexity index is 409. The van der Waals surface area contributed by atoms with Crippen molar-refractivity contribution in [2.75, 3.05) is 5.32 Å². The Balaban J connectivity index is 2.81. The van der Waals surface area contributed by atoms with Gasteiger partial charge in [-0.3, -0.25) is 0 Å². The molecule has 0 saturated heterocycles. The summed E-state index contributed by atoms with van der Waals surface area (Å²) in [5.74, 6) is 0.667. The quantitative estimate of drug-likeness (QED) is 0.817. The van der Waals surface area contributed by atoms with Gasteiger partial charge in [0.2, 0.25) is 0 Å². The maximum absolute atomic E-state index is 5.94. The van der Waals surface area contributed by atoms with Gasteiger partial charge in [0, 0.05) is 6.04 Å². The van der Waals surface area contributed by atoms with Crippen LogP contribution in [0.1, 0.15) is 19.5 Å². The van der Waals surface area contributed by atoms with Gasteiger partial charge in [-0.15, -0.1) is 0 Å². The lowest BCUT2D eigenvalue weighted by molar-refractivity contribution is 0.739. The lowest BCUT2D eigenvalue weighted by atomic mass is 10.3. The molecule has 1 aromatic heterocycles. The lowest BCUT2D eigenvalue weighted by Crippen LogP contribution is -2.34. The van der Waals surface area contributed by atoms with Crippen LogP contribution in [0, 0.1) is 6.92 Å². The zero-order valence-corrected chi connectivity index (χ0v) is 12.4. The number of rotatable bonds is 2. The van der Waals surface area contributed by atoms with E-state index in [1.807, 2.05) is 20.8 Å². The van der Waals surface area contributed by atoms with Crippen LogP contribution in [0.5, 0.6) is 0 Å². The summed E-state index contributed by atoms with van der Waals surface area (Å²) in [5, 5.41) is 7.26. The van der Waals surface area contributed by atoms with Gasteiger partial charge in [-0.2, -0.15) is 0 Å². The number of hydrogen-bond donors (Lipinski definition) is 2. The highest BCUT2D eigenvalue weighted by Crippen LogP contribution is 2.25. The molecule has 0 atom stereocenters. The van der Waals surface area contributed by atoms with Gasteiger partial charge in [0.05, 0.1) is 15.2 Å². The molecule has 0 saturated carbocycles. The van der Waals surface area contributed by atoms with Gasteiger partial charge in [0.1, 0.15) is 5.82 Å². The van der Waals surface area contributed by atoms with Crippen molar-refractivity contribution in [1.82, 2.24) is 10.3 Å². The van der Waals surface area contributed by atoms with Crippen molar-refractivity contribution < 1.29 is 0 Å². The molecule has 0 fully saturated rings. The molecule has 0 aliphatic rings. The Hall–Kier alpha value is -0.390. The van der Waals surface area contributed by atoms with Crippen LogP contribution < -0.4 is 10.6 Å². The summed E-state index contributed by atoms with van der Waals surface area (Å²) >= 11 is 14.4. The molecule has 1 aromatic rings. The summed E-state index contributed by atoms with van der Waals surface area (Å²) in [6, 6.07) is 2.08. The number of thiocarbonyl (C=S) groups is 1. The van der Waals surface area contributed by atoms with E-state index in [1.165, 1.54) is 0 Å². The van der Waals surface area contributed by atoms with Crippen molar-refractivity contribution in [3.63, 3.8) is 0 Å². The summed E-state index contributed by atoms with van der Waals surface area (Å²) < 4.78 is 0.788. The Morgan fingerprint density at radius 2 is 2.19 bits per heavy atom. The third-order valence-electron chi connectivity index (χ3n) is 1.76. The molecule has 16 heavy (non-hydrogen) atoms. The molecule has 0 amide bonds. The van der Waals surface area contributed by atoms with E-state index in [-0.39, 0.29) is 6.04 Å². The topological polar surface area (TPSA) is 37.0 Å². The van der Waals surface area contributed by atoms with Crippen LogP contribution in [-0.4, -0.2) is 16.1 Å². The molecule has 1 heterocycles. The number of anilines is 1. The zero-order chi connectivity index (χ0) is 12.3. The number of nitrogens with zero attached hydrogens (tertiary/aromatic N) is 1. The SMILES string of the molecule is Cc1nc(NC(=S)NC(C)C)c(Br)cc1Cl. The van der Waals surface area contributed by atoms with Gasteiger partial charge in [-0.25, -0.2) is 4.98 Å². The third-order valence-corrected chi connectivity index (χ3v) is 2.96. The maximum atomic E-state index is 5.94. The van der Waals surface area contributed by atoms with Gasteiger partial charge < -0.3 is 10.6 Å². The van der Waals surface area contributed by atoms with E-state index < -0.39 is 0 Å². The molecule has 0 spiro atoms. The van der Waals surface area contributed by atoms with Crippen LogP contribution in [0.25, 0.3) is 0 Å². The summed E-state index contributed by atoms with van der Waals surface area (Å²) in [6.07, 6.45) is 0. The van der Waals surface area contributed by atoms with E-state index in [2.05, 4.69) is 31.5 Å². The fraction of sp³-hybridized carbons (Fsp3) is 0.400. The molecule has 2 N–H and O–H groups in total. The second-order valence-corrected chi connectivity index (χ2v) is 5.31. The van der Waals surface area contributed by atoms with Crippen molar-refractivity contribution in [3.05, 3.63) is 21.3 Å². The first-order chi connectivity index (χ1) is 7.40. The van der Waals surface area contributed by atoms with Crippen LogP contribution in [0.3, 0.4) is 0 Å². The minimum Gasteiger partial charge on any atom is -0.360 e. The van der Waals surface area contributed by atoms with Crippen molar-refractivity contribution in [2.45, 2.75) is 26.8 Å². The first kappa shape index (κ1) is 13.7. The number of aryl methyl sites for hydroxylation is 1. The molecular weight excluding hydrogens is 310 g/mol. The third kappa shape index (κ3) is 3.88. The predicted molar refractivity (Wildman–Crippen MR) is 76.2 cm³/mol. The molecular formula is C10H13BrClN3S. The van der Waals surface area contributed by atoms with E-state index >= 15 is 0 Å². The highest BCUT2D eigenvalue weighted by molar-refractivity contribution is 9.10. The van der Waals surface area contributed by atoms with Gasteiger partial charge >= 0.3 is 0 Å². The number of hydrogen-bond acceptors (Lipinski definition) is 2. The fourth-order valence-electron chi connectivity index (χ4n) is 1.05. The van der Waals surface area contributed by atoms with Gasteiger partial charge in [0.25, 0.3) is 0 Å². The first-order valence-electron chi connectivity index (χ1n) is 4.80. The van der Waals surface area contributed by atoms with Crippen LogP contribution in [0.2, 0.25) is 5.02 Å². The van der Waals surface area contributed by atoms with Crippen molar-refractivity contribution in [1.29, 1.82) is 0 Å². The number of pyridine rings is 1. The second kappa shape index (κ2) is 5.80. The Morgan fingerprint density at radius 3 is 2.75 bits per heavy atom. The van der Waals surface area contributed by atoms with Gasteiger partial charge in [0.15, 0.2) is 5.11 Å². The fourth-order valence-corrected chi connectivity index (χ4v) is 2.08. The van der Waals surface area contributed by atoms with E-state index in [1.54, 1.807) is 6.07 Å². The average molecular weight is 323 g/mol. The van der Waals surface area contributed by atoms with E-state index in [0.29, 0.717) is 16.0 Å². The second-order valence-electron chi connectivity index (χ2n) is 3.64. The molecule has 6 heteroatoms. The molecule has 0 bridgehead atoms. The van der Waals surface area contributed by atoms with Crippen LogP contribution in [-0.2, 0) is 0 Å². The maximum Gasteiger partial charge on any atom is 0.172 e. The molecule has 0 radical (unpaired) electrons. The summed E-state index contributed by atoms with van der Waals surface area (Å²) in [5.41, 5.74) is 0.764. The van der Waals surface area contributed by atoms with Crippen LogP contribution in [0.15, 0.2) is 10.5 Å². The number of aromatic nitrogens is 1. The van der Waals surface area contributed by atoms with Crippen LogP contribution >= 0.6 is 39.7 Å². The molecule has 0 aliphatic carbocycles. The normalized spacial score (nSPS) is 10.4. The predicted octanol–water partition coefficient (Wildman–Crippen LogP) is 3.50. The minimum atomic E-state index is 0.284. The van der Waals surface area contributed by atoms with Gasteiger partial charge in [-0.05, 0) is 55.0 Å². The summed E-state index contributed by atoms with van der Waals surface area (Å²) in [6.45, 7) is 5.88. The highest BCUT2D eigenvalue weighted by Gasteiger charge is 2.07. The molecule has 0 aromatic carbocycles. The zero-order valence-electron chi connectivity index (χ0n) is 9.27. The molecule has 0 unspecified atom stereocenters. The first-order valence-corrected chi connectivity index (χ1v) is 6.38. The molecule has 1 rings (SSSR count). The highest BCUT2D eigenvalue weighted by atomic mass is 79.9. The lowest BCUT2D eigenvalue weighted by Gasteiger charge is -2.14. The van der Waals surface area contributed by atoms with E-state index in [4.69, 9.17) is 23.8 Å². The molecule has 88 valence electrons. The Morgan fingerprint density at radius 1 is 1.56 bits per heavy atom. The Labute approximate surface area is 114 Å². The van der Waals surface area contributed by atoms with Crippen LogP contribution in [0.4, 0.5) is 5.82 Å². The van der Waals surface area contributed by atoms with E-state index in [9.17, 15) is 0 Å². The number of halogens is 2. The van der Waals surface area contributed by atoms with E-state index in [0.717, 1.165) is 10.2 Å². The minimum absolute atomic E-state index is 0.284. The number of nitrogens with one attached hydrogen (secondary N) is 2. The largest absolute Gasteiger partial charge is 0.360 e. The standard InChI is InChI=1S/C10H13BrClN3S/c1-5(2)13-10(16)15-9-7(11)4-8(12)6(3)14-9/h4-5H,1-3H3,(H2,13,14,15,16). The average Bonchev–Trinajstić information content (AvgIpc) is 2.12.